The maximum Gasteiger partial charge on any atom is 0.133 e. The van der Waals surface area contributed by atoms with Crippen molar-refractivity contribution in [1.82, 2.24) is 9.97 Å². The summed E-state index contributed by atoms with van der Waals surface area (Å²) in [6.45, 7) is 9.41. The number of halogens is 4. The van der Waals surface area contributed by atoms with E-state index < -0.39 is 12.1 Å². The summed E-state index contributed by atoms with van der Waals surface area (Å²) in [4.78, 5) is 45.6. The number of aliphatic carboxylic acids is 1. The minimum absolute atomic E-state index is 0. The molecule has 2 heterocycles. The summed E-state index contributed by atoms with van der Waals surface area (Å²) in [5.74, 6) is -2.49. The maximum atomic E-state index is 11.8. The summed E-state index contributed by atoms with van der Waals surface area (Å²) >= 11 is 4.23. The van der Waals surface area contributed by atoms with Gasteiger partial charge in [-0.3, -0.25) is 19.6 Å². The van der Waals surface area contributed by atoms with Crippen LogP contribution in [-0.2, 0) is 102 Å². The van der Waals surface area contributed by atoms with E-state index in [0.717, 1.165) is 36.8 Å². The number of pyridine rings is 2. The van der Waals surface area contributed by atoms with E-state index in [1.807, 2.05) is 24.3 Å². The Bertz CT molecular complexity index is 1500. The number of carbonyl (C=O) groups is 3. The molecule has 0 aliphatic carbocycles. The predicted octanol–water partition coefficient (Wildman–Crippen LogP) is 8.29. The molecule has 2 rings (SSSR count). The Kier molecular flexibility index (Phi) is 79.2. The van der Waals surface area contributed by atoms with Crippen molar-refractivity contribution in [1.29, 1.82) is 0 Å². The molecule has 2 aromatic heterocycles. The Balaban J connectivity index is -0.000000238. The van der Waals surface area contributed by atoms with Gasteiger partial charge in [0.15, 0.2) is 0 Å². The fourth-order valence-electron chi connectivity index (χ4n) is 4.48. The quantitative estimate of drug-likeness (QED) is 0.0151. The smallest absolute Gasteiger partial charge is 0.133 e. The van der Waals surface area contributed by atoms with Crippen LogP contribution in [-0.4, -0.2) is 179 Å². The van der Waals surface area contributed by atoms with Gasteiger partial charge in [0, 0.05) is 108 Å². The number of aryl methyl sites for hydroxylation is 2. The molecule has 0 saturated heterocycles. The summed E-state index contributed by atoms with van der Waals surface area (Å²) in [5.41, 5.74) is 43.5. The number of hydrogen-bond donors (Lipinski definition) is 0. The van der Waals surface area contributed by atoms with E-state index in [1.54, 1.807) is 24.8 Å². The van der Waals surface area contributed by atoms with Gasteiger partial charge in [0.05, 0.1) is 92.5 Å². The average Bonchev–Trinajstić information content (AvgIpc) is 3.40. The molecule has 0 amide bonds. The van der Waals surface area contributed by atoms with Crippen LogP contribution in [0.3, 0.4) is 0 Å². The van der Waals surface area contributed by atoms with E-state index in [2.05, 4.69) is 65.5 Å². The third kappa shape index (κ3) is 75.4. The molecule has 441 valence electrons. The number of alkyl halides is 3. The zero-order valence-electron chi connectivity index (χ0n) is 42.5. The van der Waals surface area contributed by atoms with Crippen molar-refractivity contribution in [3.63, 3.8) is 0 Å². The van der Waals surface area contributed by atoms with E-state index >= 15 is 0 Å². The SMILES string of the molecule is O=C([O-])C(F)(F)F.[CH3-].[I][Pt].[N-]=[N+]=NCCOCCOCCOCCOCCCC(=O)CCc1ccncc1.[N-]=[N+]=NCCOCCOCCOCCOCCCC(=O)CCc1ccncc1.[NH-]CC[NH-].[NH-]CC[NH-].[Pt]. The van der Waals surface area contributed by atoms with E-state index in [1.165, 1.54) is 0 Å². The van der Waals surface area contributed by atoms with Crippen molar-refractivity contribution in [2.75, 3.05) is 145 Å². The van der Waals surface area contributed by atoms with Gasteiger partial charge in [-0.05, 0) is 72.1 Å². The van der Waals surface area contributed by atoms with Gasteiger partial charge >= 0.3 is 41.7 Å². The monoisotopic (exact) mass is 1550 g/mol. The molecule has 24 nitrogen and oxygen atoms in total. The second-order valence-electron chi connectivity index (χ2n) is 13.6. The molecule has 30 heteroatoms. The molecule has 75 heavy (non-hydrogen) atoms. The van der Waals surface area contributed by atoms with Crippen molar-refractivity contribution in [3.05, 3.63) is 111 Å². The number of rotatable bonds is 40. The van der Waals surface area contributed by atoms with Gasteiger partial charge in [0.2, 0.25) is 0 Å². The number of carboxylic acid groups (broad SMARTS) is 1. The summed E-state index contributed by atoms with van der Waals surface area (Å²) < 4.78 is 74.3. The molecule has 0 bridgehead atoms. The number of ketones is 2. The normalized spacial score (nSPS) is 9.84. The summed E-state index contributed by atoms with van der Waals surface area (Å²) in [5, 5.41) is 15.5. The third-order valence-corrected chi connectivity index (χ3v) is 7.88. The van der Waals surface area contributed by atoms with Crippen molar-refractivity contribution in [3.8, 4) is 0 Å². The Morgan fingerprint density at radius 2 is 0.773 bits per heavy atom. The second kappa shape index (κ2) is 71.1. The van der Waals surface area contributed by atoms with Gasteiger partial charge in [-0.15, -0.1) is 0 Å². The standard InChI is InChI=1S/2C19H30N4O5.C2HF3O2.2C2H6N2.CH3.HI.2Pt/c2*20-23-22-9-11-26-13-15-28-17-16-27-14-12-25-10-1-2-19(24)4-3-18-5-7-21-8-6-18;3-2(4,5)1(6)7;2*3-1-2-4;;;;/h2*5-8H,1-4,9-17H2;(H,6,7);2*3-4H,1-2H2;1H3;1H;;/q;;;2*-2;-1;;;+1/p-2. The van der Waals surface area contributed by atoms with Crippen LogP contribution < -0.4 is 5.11 Å². The molecule has 0 atom stereocenters. The molecular formula is C45H75F3IN12O12Pt2-6. The van der Waals surface area contributed by atoms with E-state index in [0.29, 0.717) is 144 Å². The van der Waals surface area contributed by atoms with E-state index in [4.69, 9.17) is 81.8 Å². The number of azide groups is 2. The van der Waals surface area contributed by atoms with Crippen LogP contribution in [0.2, 0.25) is 0 Å². The Morgan fingerprint density at radius 1 is 0.533 bits per heavy atom. The first-order chi connectivity index (χ1) is 35.4. The summed E-state index contributed by atoms with van der Waals surface area (Å²) in [6.07, 6.45) is 6.99. The fourth-order valence-corrected chi connectivity index (χ4v) is 4.48. The first-order valence-electron chi connectivity index (χ1n) is 22.9. The molecule has 0 aromatic carbocycles. The first-order valence-corrected chi connectivity index (χ1v) is 29.3. The first kappa shape index (κ1) is 83.5. The number of Topliss-reactive ketones (excluding diaryl/α,β-unsaturated/α-hetero) is 2. The third-order valence-electron chi connectivity index (χ3n) is 7.88. The van der Waals surface area contributed by atoms with Crippen molar-refractivity contribution in [2.45, 2.75) is 57.5 Å². The number of carbonyl (C=O) groups excluding carboxylic acids is 3. The van der Waals surface area contributed by atoms with Crippen molar-refractivity contribution in [2.24, 2.45) is 10.2 Å². The van der Waals surface area contributed by atoms with Crippen LogP contribution in [0, 0.1) is 7.43 Å². The van der Waals surface area contributed by atoms with Gasteiger partial charge in [0.25, 0.3) is 0 Å². The minimum Gasteiger partial charge on any atom is -0.679 e. The molecule has 0 spiro atoms. The molecule has 0 unspecified atom stereocenters. The number of ether oxygens (including phenoxy) is 8. The molecule has 4 N–H and O–H groups in total. The molecule has 0 aliphatic rings. The van der Waals surface area contributed by atoms with Crippen LogP contribution in [0.1, 0.15) is 49.7 Å². The van der Waals surface area contributed by atoms with Crippen LogP contribution in [0.5, 0.6) is 0 Å². The summed E-state index contributed by atoms with van der Waals surface area (Å²) in [7, 11) is 0. The molecule has 0 radical (unpaired) electrons. The van der Waals surface area contributed by atoms with Crippen LogP contribution in [0.15, 0.2) is 59.3 Å². The van der Waals surface area contributed by atoms with Gasteiger partial charge in [0.1, 0.15) is 17.5 Å². The van der Waals surface area contributed by atoms with Gasteiger partial charge in [-0.25, -0.2) is 0 Å². The van der Waals surface area contributed by atoms with Crippen molar-refractivity contribution < 1.29 is 108 Å². The number of nitrogens with zero attached hydrogens (tertiary/aromatic N) is 8. The molecule has 0 aliphatic heterocycles. The van der Waals surface area contributed by atoms with E-state index in [-0.39, 0.29) is 66.2 Å². The Morgan fingerprint density at radius 3 is 1.00 bits per heavy atom. The maximum absolute atomic E-state index is 11.8. The molecule has 0 saturated carbocycles. The number of hydrogen-bond acceptors (Lipinski definition) is 16. The van der Waals surface area contributed by atoms with Crippen LogP contribution in [0.4, 0.5) is 13.2 Å². The Labute approximate surface area is 475 Å². The second-order valence-corrected chi connectivity index (χ2v) is 13.6. The van der Waals surface area contributed by atoms with Gasteiger partial charge < -0.3 is 78.2 Å². The van der Waals surface area contributed by atoms with Crippen LogP contribution >= 0.6 is 19.4 Å². The molecular weight excluding hydrogens is 1470 g/mol. The zero-order chi connectivity index (χ0) is 55.2. The fraction of sp³-hybridized carbons (Fsp3) is 0.689. The summed E-state index contributed by atoms with van der Waals surface area (Å²) in [6, 6.07) is 7.74. The van der Waals surface area contributed by atoms with E-state index in [9.17, 15) is 22.8 Å². The molecule has 2 aromatic rings. The average molecular weight is 1550 g/mol. The number of aromatic nitrogens is 2. The van der Waals surface area contributed by atoms with Gasteiger partial charge in [-0.2, -0.15) is 39.4 Å². The Hall–Kier alpha value is -2.85. The van der Waals surface area contributed by atoms with Crippen molar-refractivity contribution >= 4 is 36.9 Å². The van der Waals surface area contributed by atoms with Gasteiger partial charge in [-0.1, -0.05) is 10.2 Å². The number of carboxylic acids is 1. The number of nitrogens with one attached hydrogen (secondary N) is 4. The van der Waals surface area contributed by atoms with Crippen LogP contribution in [0.25, 0.3) is 43.8 Å². The predicted molar refractivity (Wildman–Crippen MR) is 276 cm³/mol. The topological polar surface area (TPSA) is 367 Å². The minimum atomic E-state index is -5.19. The zero-order valence-corrected chi connectivity index (χ0v) is 49.2. The largest absolute Gasteiger partial charge is 0.679 e. The molecule has 0 fully saturated rings.